The van der Waals surface area contributed by atoms with Crippen molar-refractivity contribution in [1.82, 2.24) is 0 Å². The Labute approximate surface area is 201 Å². The average molecular weight is 469 g/mol. The minimum atomic E-state index is -0.822. The number of amides is 1. The molecule has 176 valence electrons. The topological polar surface area (TPSA) is 97.0 Å². The highest BCUT2D eigenvalue weighted by atomic mass is 16.5. The summed E-state index contributed by atoms with van der Waals surface area (Å²) in [6.45, 7) is 5.30. The third-order valence-corrected chi connectivity index (χ3v) is 6.56. The van der Waals surface area contributed by atoms with Crippen LogP contribution < -0.4 is 15.1 Å². The number of ether oxygens (including phenoxy) is 1. The number of carbonyl (C=O) groups excluding carboxylic acids is 2. The first-order valence-electron chi connectivity index (χ1n) is 11.1. The van der Waals surface area contributed by atoms with Crippen molar-refractivity contribution in [3.05, 3.63) is 98.4 Å². The highest BCUT2D eigenvalue weighted by molar-refractivity contribution is 6.11. The third kappa shape index (κ3) is 3.47. The monoisotopic (exact) mass is 469 g/mol. The van der Waals surface area contributed by atoms with E-state index in [0.29, 0.717) is 27.8 Å². The molecule has 0 radical (unpaired) electrons. The summed E-state index contributed by atoms with van der Waals surface area (Å²) in [4.78, 5) is 40.7. The van der Waals surface area contributed by atoms with E-state index in [1.807, 2.05) is 13.8 Å². The first kappa shape index (κ1) is 22.4. The van der Waals surface area contributed by atoms with E-state index in [4.69, 9.17) is 9.15 Å². The molecule has 0 fully saturated rings. The molecule has 4 aromatic rings. The van der Waals surface area contributed by atoms with Gasteiger partial charge in [0.05, 0.1) is 24.1 Å². The number of nitrogens with zero attached hydrogens (tertiary/aromatic N) is 1. The summed E-state index contributed by atoms with van der Waals surface area (Å²) in [5.74, 6) is -0.439. The van der Waals surface area contributed by atoms with Crippen LogP contribution in [0, 0.1) is 13.8 Å². The normalized spacial score (nSPS) is 14.9. The molecular formula is C28H23NO6. The second-order valence-corrected chi connectivity index (χ2v) is 8.72. The van der Waals surface area contributed by atoms with E-state index in [1.165, 1.54) is 25.0 Å². The van der Waals surface area contributed by atoms with Gasteiger partial charge in [-0.2, -0.15) is 0 Å². The number of ketones is 1. The minimum Gasteiger partial charge on any atom is -0.504 e. The number of hydrogen-bond acceptors (Lipinski definition) is 6. The van der Waals surface area contributed by atoms with Crippen LogP contribution in [0.15, 0.2) is 63.8 Å². The standard InChI is InChI=1S/C28H23NO6/c1-14-11-20-22(12-15(14)2)35-27-24(26(20)32)25(18-7-10-21(31)23(13-18)34-4)29(28(27)33)19-8-5-17(6-9-19)16(3)30/h5-13,25,31H,1-4H3. The molecular weight excluding hydrogens is 446 g/mol. The van der Waals surface area contributed by atoms with E-state index >= 15 is 0 Å². The third-order valence-electron chi connectivity index (χ3n) is 6.56. The van der Waals surface area contributed by atoms with E-state index in [2.05, 4.69) is 0 Å². The maximum absolute atomic E-state index is 13.8. The lowest BCUT2D eigenvalue weighted by Gasteiger charge is -2.25. The predicted molar refractivity (Wildman–Crippen MR) is 132 cm³/mol. The summed E-state index contributed by atoms with van der Waals surface area (Å²) in [6, 6.07) is 14.0. The largest absolute Gasteiger partial charge is 0.504 e. The maximum atomic E-state index is 13.8. The number of hydrogen-bond donors (Lipinski definition) is 1. The van der Waals surface area contributed by atoms with Gasteiger partial charge in [-0.25, -0.2) is 0 Å². The Morgan fingerprint density at radius 3 is 2.34 bits per heavy atom. The molecule has 7 nitrogen and oxygen atoms in total. The van der Waals surface area contributed by atoms with Gasteiger partial charge >= 0.3 is 0 Å². The molecule has 7 heteroatoms. The molecule has 1 N–H and O–H groups in total. The number of phenolic OH excluding ortho intramolecular Hbond substituents is 1. The number of methoxy groups -OCH3 is 1. The molecule has 0 saturated heterocycles. The van der Waals surface area contributed by atoms with Gasteiger partial charge in [-0.3, -0.25) is 19.3 Å². The number of fused-ring (bicyclic) bond motifs is 2. The summed E-state index contributed by atoms with van der Waals surface area (Å²) in [5, 5.41) is 10.5. The average Bonchev–Trinajstić information content (AvgIpc) is 3.13. The van der Waals surface area contributed by atoms with Gasteiger partial charge in [0, 0.05) is 11.3 Å². The number of aryl methyl sites for hydroxylation is 2. The van der Waals surface area contributed by atoms with Gasteiger partial charge in [0.25, 0.3) is 5.91 Å². The van der Waals surface area contributed by atoms with E-state index in [0.717, 1.165) is 11.1 Å². The van der Waals surface area contributed by atoms with Crippen LogP contribution in [0.2, 0.25) is 0 Å². The molecule has 0 saturated carbocycles. The van der Waals surface area contributed by atoms with Crippen molar-refractivity contribution in [2.75, 3.05) is 12.0 Å². The van der Waals surface area contributed by atoms with Gasteiger partial charge in [0.15, 0.2) is 22.7 Å². The lowest BCUT2D eigenvalue weighted by atomic mass is 9.96. The Morgan fingerprint density at radius 1 is 1.00 bits per heavy atom. The Balaban J connectivity index is 1.80. The van der Waals surface area contributed by atoms with Crippen LogP contribution in [0.4, 0.5) is 5.69 Å². The van der Waals surface area contributed by atoms with Crippen molar-refractivity contribution in [1.29, 1.82) is 0 Å². The van der Waals surface area contributed by atoms with Gasteiger partial charge in [0.1, 0.15) is 5.58 Å². The summed E-state index contributed by atoms with van der Waals surface area (Å²) >= 11 is 0. The first-order valence-corrected chi connectivity index (χ1v) is 11.1. The Hall–Kier alpha value is -4.39. The highest BCUT2D eigenvalue weighted by Crippen LogP contribution is 2.43. The summed E-state index contributed by atoms with van der Waals surface area (Å²) < 4.78 is 11.3. The van der Waals surface area contributed by atoms with Crippen LogP contribution in [0.1, 0.15) is 56.1 Å². The Bertz CT molecular complexity index is 1580. The van der Waals surface area contributed by atoms with Gasteiger partial charge in [0.2, 0.25) is 5.76 Å². The van der Waals surface area contributed by atoms with Crippen LogP contribution in [-0.2, 0) is 0 Å². The molecule has 1 aliphatic rings. The lowest BCUT2D eigenvalue weighted by Crippen LogP contribution is -2.29. The number of phenols is 1. The van der Waals surface area contributed by atoms with Crippen molar-refractivity contribution < 1.29 is 23.8 Å². The van der Waals surface area contributed by atoms with Crippen molar-refractivity contribution in [3.8, 4) is 11.5 Å². The molecule has 2 heterocycles. The predicted octanol–water partition coefficient (Wildman–Crippen LogP) is 5.08. The van der Waals surface area contributed by atoms with Crippen LogP contribution >= 0.6 is 0 Å². The number of benzene rings is 3. The van der Waals surface area contributed by atoms with Crippen molar-refractivity contribution in [2.45, 2.75) is 26.8 Å². The molecule has 1 aliphatic heterocycles. The van der Waals surface area contributed by atoms with E-state index < -0.39 is 11.9 Å². The highest BCUT2D eigenvalue weighted by Gasteiger charge is 2.44. The van der Waals surface area contributed by atoms with E-state index in [9.17, 15) is 19.5 Å². The van der Waals surface area contributed by atoms with Crippen molar-refractivity contribution >= 4 is 28.3 Å². The molecule has 1 aromatic heterocycles. The van der Waals surface area contributed by atoms with Gasteiger partial charge in [-0.15, -0.1) is 0 Å². The molecule has 3 aromatic carbocycles. The zero-order valence-corrected chi connectivity index (χ0v) is 19.7. The molecule has 1 atom stereocenters. The van der Waals surface area contributed by atoms with Crippen LogP contribution in [0.25, 0.3) is 11.0 Å². The van der Waals surface area contributed by atoms with Gasteiger partial charge in [-0.1, -0.05) is 6.07 Å². The van der Waals surface area contributed by atoms with Crippen molar-refractivity contribution in [3.63, 3.8) is 0 Å². The molecule has 1 unspecified atom stereocenters. The fourth-order valence-electron chi connectivity index (χ4n) is 4.53. The number of carbonyl (C=O) groups is 2. The quantitative estimate of drug-likeness (QED) is 0.419. The molecule has 35 heavy (non-hydrogen) atoms. The van der Waals surface area contributed by atoms with Crippen LogP contribution in [0.5, 0.6) is 11.5 Å². The zero-order valence-electron chi connectivity index (χ0n) is 19.7. The molecule has 5 rings (SSSR count). The van der Waals surface area contributed by atoms with Crippen LogP contribution in [0.3, 0.4) is 0 Å². The molecule has 1 amide bonds. The smallest absolute Gasteiger partial charge is 0.295 e. The first-order chi connectivity index (χ1) is 16.7. The summed E-state index contributed by atoms with van der Waals surface area (Å²) in [7, 11) is 1.43. The number of aromatic hydroxyl groups is 1. The minimum absolute atomic E-state index is 0.0292. The maximum Gasteiger partial charge on any atom is 0.295 e. The number of anilines is 1. The number of Topliss-reactive ketones (excluding diaryl/α,β-unsaturated/α-hetero) is 1. The SMILES string of the molecule is COc1cc(C2c3c(oc4cc(C)c(C)cc4c3=O)C(=O)N2c2ccc(C(C)=O)cc2)ccc1O. The van der Waals surface area contributed by atoms with E-state index in [1.54, 1.807) is 48.5 Å². The second-order valence-electron chi connectivity index (χ2n) is 8.72. The number of rotatable bonds is 4. The Morgan fingerprint density at radius 2 is 1.69 bits per heavy atom. The fraction of sp³-hybridized carbons (Fsp3) is 0.179. The van der Waals surface area contributed by atoms with Crippen molar-refractivity contribution in [2.24, 2.45) is 0 Å². The van der Waals surface area contributed by atoms with E-state index in [-0.39, 0.29) is 34.0 Å². The second kappa shape index (κ2) is 8.13. The summed E-state index contributed by atoms with van der Waals surface area (Å²) in [5.41, 5.74) is 3.73. The van der Waals surface area contributed by atoms with Crippen LogP contribution in [-0.4, -0.2) is 23.9 Å². The lowest BCUT2D eigenvalue weighted by molar-refractivity contribution is 0.0970. The fourth-order valence-corrected chi connectivity index (χ4v) is 4.53. The molecule has 0 bridgehead atoms. The summed E-state index contributed by atoms with van der Waals surface area (Å²) in [6.07, 6.45) is 0. The molecule has 0 spiro atoms. The van der Waals surface area contributed by atoms with Gasteiger partial charge in [-0.05, 0) is 86.0 Å². The Kier molecular flexibility index (Phi) is 5.20. The van der Waals surface area contributed by atoms with Gasteiger partial charge < -0.3 is 14.3 Å². The molecule has 0 aliphatic carbocycles. The zero-order chi connectivity index (χ0) is 25.0.